The summed E-state index contributed by atoms with van der Waals surface area (Å²) in [6.45, 7) is 2.61. The first-order valence-corrected chi connectivity index (χ1v) is 10.3. The summed E-state index contributed by atoms with van der Waals surface area (Å²) in [7, 11) is 0. The van der Waals surface area contributed by atoms with Crippen LogP contribution >= 0.6 is 11.6 Å². The third-order valence-corrected chi connectivity index (χ3v) is 5.82. The molecule has 30 heavy (non-hydrogen) atoms. The van der Waals surface area contributed by atoms with Crippen molar-refractivity contribution in [3.05, 3.63) is 100 Å². The minimum Gasteiger partial charge on any atom is -0.309 e. The Morgan fingerprint density at radius 1 is 0.867 bits per heavy atom. The number of halogens is 1. The molecule has 0 spiro atoms. The Morgan fingerprint density at radius 3 is 2.40 bits per heavy atom. The Morgan fingerprint density at radius 2 is 1.63 bits per heavy atom. The highest BCUT2D eigenvalue weighted by atomic mass is 35.5. The average Bonchev–Trinajstić information content (AvgIpc) is 2.79. The highest BCUT2D eigenvalue weighted by Crippen LogP contribution is 2.37. The Bertz CT molecular complexity index is 1460. The summed E-state index contributed by atoms with van der Waals surface area (Å²) in [6.07, 6.45) is 0. The second-order valence-corrected chi connectivity index (χ2v) is 7.62. The van der Waals surface area contributed by atoms with Crippen LogP contribution in [-0.4, -0.2) is 9.55 Å². The number of aryl methyl sites for hydroxylation is 1. The van der Waals surface area contributed by atoms with Crippen molar-refractivity contribution in [3.8, 4) is 22.4 Å². The molecular weight excluding hydrogens is 392 g/mol. The van der Waals surface area contributed by atoms with Crippen LogP contribution in [-0.2, 0) is 6.54 Å². The van der Waals surface area contributed by atoms with Crippen molar-refractivity contribution in [2.24, 2.45) is 0 Å². The van der Waals surface area contributed by atoms with Crippen LogP contribution in [0.2, 0.25) is 5.02 Å². The van der Waals surface area contributed by atoms with Crippen molar-refractivity contribution in [2.45, 2.75) is 13.5 Å². The van der Waals surface area contributed by atoms with Gasteiger partial charge in [0.15, 0.2) is 0 Å². The van der Waals surface area contributed by atoms with E-state index in [2.05, 4.69) is 18.2 Å². The first-order valence-electron chi connectivity index (χ1n) is 9.95. The van der Waals surface area contributed by atoms with Crippen molar-refractivity contribution in [2.75, 3.05) is 0 Å². The van der Waals surface area contributed by atoms with Gasteiger partial charge in [-0.05, 0) is 48.4 Å². The summed E-state index contributed by atoms with van der Waals surface area (Å²) in [5, 5.41) is 2.73. The number of pyridine rings is 2. The fraction of sp³-hybridized carbons (Fsp3) is 0.0769. The van der Waals surface area contributed by atoms with Gasteiger partial charge in [-0.15, -0.1) is 0 Å². The molecule has 0 N–H and O–H groups in total. The number of nitrogens with zero attached hydrogens (tertiary/aromatic N) is 2. The average molecular weight is 411 g/mol. The molecule has 0 bridgehead atoms. The Balaban J connectivity index is 1.94. The topological polar surface area (TPSA) is 34.9 Å². The van der Waals surface area contributed by atoms with E-state index in [9.17, 15) is 4.79 Å². The number of benzene rings is 3. The van der Waals surface area contributed by atoms with Gasteiger partial charge in [-0.3, -0.25) is 4.79 Å². The maximum atomic E-state index is 12.4. The molecule has 0 atom stereocenters. The lowest BCUT2D eigenvalue weighted by molar-refractivity contribution is 0.760. The SMILES string of the molecule is CCn1c(=O)ccc2c3c(-c4ccccc4)cc(-c4ccccc4Cl)nc3ccc21. The molecule has 0 fully saturated rings. The van der Waals surface area contributed by atoms with Crippen LogP contribution in [0, 0.1) is 0 Å². The van der Waals surface area contributed by atoms with E-state index in [0.29, 0.717) is 11.6 Å². The lowest BCUT2D eigenvalue weighted by Gasteiger charge is -2.15. The van der Waals surface area contributed by atoms with E-state index in [0.717, 1.165) is 44.2 Å². The Hall–Kier alpha value is -3.43. The Kier molecular flexibility index (Phi) is 4.61. The van der Waals surface area contributed by atoms with E-state index in [-0.39, 0.29) is 5.56 Å². The molecule has 0 saturated heterocycles. The molecule has 2 heterocycles. The van der Waals surface area contributed by atoms with Gasteiger partial charge in [0.1, 0.15) is 0 Å². The van der Waals surface area contributed by atoms with E-state index in [1.54, 1.807) is 10.6 Å². The number of hydrogen-bond acceptors (Lipinski definition) is 2. The molecule has 3 nitrogen and oxygen atoms in total. The summed E-state index contributed by atoms with van der Waals surface area (Å²) in [5.74, 6) is 0. The molecule has 0 aliphatic carbocycles. The zero-order chi connectivity index (χ0) is 20.7. The third-order valence-electron chi connectivity index (χ3n) is 5.49. The molecule has 0 saturated carbocycles. The summed E-state index contributed by atoms with van der Waals surface area (Å²) in [5.41, 5.74) is 5.70. The summed E-state index contributed by atoms with van der Waals surface area (Å²) >= 11 is 6.48. The predicted molar refractivity (Wildman–Crippen MR) is 125 cm³/mol. The highest BCUT2D eigenvalue weighted by Gasteiger charge is 2.15. The molecule has 5 aromatic rings. The van der Waals surface area contributed by atoms with Crippen molar-refractivity contribution in [1.82, 2.24) is 9.55 Å². The standard InChI is InChI=1S/C26H19ClN2O/c1-2-29-24-14-13-22-26(19(24)12-15-25(29)30)20(17-8-4-3-5-9-17)16-23(28-22)18-10-6-7-11-21(18)27/h3-16H,2H2,1H3. The van der Waals surface area contributed by atoms with Gasteiger partial charge in [0.05, 0.1) is 16.7 Å². The lowest BCUT2D eigenvalue weighted by Crippen LogP contribution is -2.18. The number of aromatic nitrogens is 2. The van der Waals surface area contributed by atoms with Gasteiger partial charge in [0, 0.05) is 34.0 Å². The fourth-order valence-corrected chi connectivity index (χ4v) is 4.32. The molecule has 0 radical (unpaired) electrons. The number of hydrogen-bond donors (Lipinski definition) is 0. The number of rotatable bonds is 3. The molecule has 0 unspecified atom stereocenters. The molecule has 2 aromatic heterocycles. The smallest absolute Gasteiger partial charge is 0.251 e. The van der Waals surface area contributed by atoms with E-state index in [4.69, 9.17) is 16.6 Å². The van der Waals surface area contributed by atoms with Crippen LogP contribution in [0.1, 0.15) is 6.92 Å². The van der Waals surface area contributed by atoms with Crippen LogP contribution in [0.25, 0.3) is 44.2 Å². The largest absolute Gasteiger partial charge is 0.309 e. The highest BCUT2D eigenvalue weighted by molar-refractivity contribution is 6.33. The van der Waals surface area contributed by atoms with Gasteiger partial charge in [-0.1, -0.05) is 60.1 Å². The van der Waals surface area contributed by atoms with Gasteiger partial charge >= 0.3 is 0 Å². The van der Waals surface area contributed by atoms with Crippen molar-refractivity contribution >= 4 is 33.4 Å². The third kappa shape index (κ3) is 2.99. The zero-order valence-corrected chi connectivity index (χ0v) is 17.2. The van der Waals surface area contributed by atoms with Crippen molar-refractivity contribution in [3.63, 3.8) is 0 Å². The van der Waals surface area contributed by atoms with Crippen LogP contribution in [0.5, 0.6) is 0 Å². The Labute approximate surface area is 179 Å². The molecule has 0 amide bonds. The van der Waals surface area contributed by atoms with Gasteiger partial charge < -0.3 is 4.57 Å². The van der Waals surface area contributed by atoms with Gasteiger partial charge in [-0.2, -0.15) is 0 Å². The second-order valence-electron chi connectivity index (χ2n) is 7.21. The van der Waals surface area contributed by atoms with E-state index >= 15 is 0 Å². The zero-order valence-electron chi connectivity index (χ0n) is 16.5. The van der Waals surface area contributed by atoms with Crippen LogP contribution in [0.3, 0.4) is 0 Å². The summed E-state index contributed by atoms with van der Waals surface area (Å²) < 4.78 is 1.80. The second kappa shape index (κ2) is 7.43. The first-order chi connectivity index (χ1) is 14.7. The number of fused-ring (bicyclic) bond motifs is 3. The maximum Gasteiger partial charge on any atom is 0.251 e. The molecule has 4 heteroatoms. The monoisotopic (exact) mass is 410 g/mol. The minimum absolute atomic E-state index is 0.00579. The summed E-state index contributed by atoms with van der Waals surface area (Å²) in [4.78, 5) is 17.3. The van der Waals surface area contributed by atoms with Crippen LogP contribution < -0.4 is 5.56 Å². The van der Waals surface area contributed by atoms with Gasteiger partial charge in [0.2, 0.25) is 0 Å². The van der Waals surface area contributed by atoms with Gasteiger partial charge in [0.25, 0.3) is 5.56 Å². The molecule has 3 aromatic carbocycles. The van der Waals surface area contributed by atoms with Crippen molar-refractivity contribution < 1.29 is 0 Å². The molecule has 5 rings (SSSR count). The van der Waals surface area contributed by atoms with Gasteiger partial charge in [-0.25, -0.2) is 4.98 Å². The van der Waals surface area contributed by atoms with Crippen molar-refractivity contribution in [1.29, 1.82) is 0 Å². The minimum atomic E-state index is 0.00579. The fourth-order valence-electron chi connectivity index (χ4n) is 4.09. The molecular formula is C26H19ClN2O. The molecule has 0 aliphatic rings. The lowest BCUT2D eigenvalue weighted by atomic mass is 9.95. The maximum absolute atomic E-state index is 12.4. The van der Waals surface area contributed by atoms with Crippen LogP contribution in [0.4, 0.5) is 0 Å². The molecule has 146 valence electrons. The summed E-state index contributed by atoms with van der Waals surface area (Å²) in [6, 6.07) is 27.7. The van der Waals surface area contributed by atoms with Crippen LogP contribution in [0.15, 0.2) is 89.7 Å². The first kappa shape index (κ1) is 18.6. The predicted octanol–water partition coefficient (Wildman–Crippen LogP) is 6.56. The van der Waals surface area contributed by atoms with E-state index in [1.165, 1.54) is 0 Å². The normalized spacial score (nSPS) is 11.3. The molecule has 0 aliphatic heterocycles. The van der Waals surface area contributed by atoms with E-state index in [1.807, 2.05) is 67.6 Å². The van der Waals surface area contributed by atoms with E-state index < -0.39 is 0 Å². The quantitative estimate of drug-likeness (QED) is 0.316.